The molecule has 0 spiro atoms. The molecule has 0 saturated carbocycles. The molecule has 26 heavy (non-hydrogen) atoms. The van der Waals surface area contributed by atoms with E-state index in [1.807, 2.05) is 32.0 Å². The molecule has 0 aliphatic carbocycles. The van der Waals surface area contributed by atoms with E-state index in [2.05, 4.69) is 10.1 Å². The molecular formula is C19H16F2N2O2S. The van der Waals surface area contributed by atoms with Gasteiger partial charge in [-0.25, -0.2) is 0 Å². The summed E-state index contributed by atoms with van der Waals surface area (Å²) in [7, 11) is 0. The Morgan fingerprint density at radius 3 is 2.31 bits per heavy atom. The first kappa shape index (κ1) is 18.0. The molecule has 134 valence electrons. The fourth-order valence-corrected chi connectivity index (χ4v) is 3.06. The minimum absolute atomic E-state index is 0.0558. The number of carbonyl (C=O) groups excluding carboxylic acids is 1. The van der Waals surface area contributed by atoms with E-state index < -0.39 is 6.61 Å². The Labute approximate surface area is 155 Å². The molecule has 0 radical (unpaired) electrons. The molecule has 1 aliphatic rings. The van der Waals surface area contributed by atoms with Crippen molar-refractivity contribution in [2.45, 2.75) is 20.5 Å². The average Bonchev–Trinajstić information content (AvgIpc) is 2.82. The summed E-state index contributed by atoms with van der Waals surface area (Å²) >= 11 is 5.30. The number of benzene rings is 2. The van der Waals surface area contributed by atoms with Gasteiger partial charge in [-0.3, -0.25) is 9.69 Å². The van der Waals surface area contributed by atoms with E-state index >= 15 is 0 Å². The Hall–Kier alpha value is -2.80. The molecule has 1 amide bonds. The van der Waals surface area contributed by atoms with Gasteiger partial charge < -0.3 is 10.1 Å². The van der Waals surface area contributed by atoms with Crippen molar-refractivity contribution >= 4 is 35.0 Å². The third kappa shape index (κ3) is 3.88. The van der Waals surface area contributed by atoms with E-state index in [1.54, 1.807) is 18.2 Å². The number of hydrogen-bond acceptors (Lipinski definition) is 3. The smallest absolute Gasteiger partial charge is 0.387 e. The lowest BCUT2D eigenvalue weighted by atomic mass is 10.1. The van der Waals surface area contributed by atoms with Crippen molar-refractivity contribution in [1.29, 1.82) is 0 Å². The van der Waals surface area contributed by atoms with Gasteiger partial charge in [-0.1, -0.05) is 18.2 Å². The fraction of sp³-hybridized carbons (Fsp3) is 0.158. The van der Waals surface area contributed by atoms with Crippen LogP contribution in [0.2, 0.25) is 0 Å². The monoisotopic (exact) mass is 374 g/mol. The largest absolute Gasteiger partial charge is 0.435 e. The van der Waals surface area contributed by atoms with Gasteiger partial charge in [0.15, 0.2) is 5.11 Å². The summed E-state index contributed by atoms with van der Waals surface area (Å²) in [5.74, 6) is -0.215. The van der Waals surface area contributed by atoms with E-state index in [-0.39, 0.29) is 11.7 Å². The van der Waals surface area contributed by atoms with Crippen LogP contribution in [0.25, 0.3) is 6.08 Å². The van der Waals surface area contributed by atoms with Gasteiger partial charge >= 0.3 is 6.61 Å². The first-order chi connectivity index (χ1) is 12.3. The van der Waals surface area contributed by atoms with Gasteiger partial charge in [-0.2, -0.15) is 8.78 Å². The van der Waals surface area contributed by atoms with Crippen LogP contribution in [0.5, 0.6) is 5.75 Å². The van der Waals surface area contributed by atoms with Crippen molar-refractivity contribution < 1.29 is 18.3 Å². The Balaban J connectivity index is 1.85. The minimum atomic E-state index is -2.87. The molecule has 7 heteroatoms. The highest BCUT2D eigenvalue weighted by Crippen LogP contribution is 2.25. The van der Waals surface area contributed by atoms with Crippen molar-refractivity contribution in [1.82, 2.24) is 5.32 Å². The van der Waals surface area contributed by atoms with Crippen molar-refractivity contribution in [2.75, 3.05) is 4.90 Å². The van der Waals surface area contributed by atoms with Crippen LogP contribution in [-0.2, 0) is 4.79 Å². The van der Waals surface area contributed by atoms with E-state index in [0.717, 1.165) is 11.1 Å². The van der Waals surface area contributed by atoms with Crippen molar-refractivity contribution in [2.24, 2.45) is 0 Å². The number of halogens is 2. The number of nitrogens with one attached hydrogen (secondary N) is 1. The van der Waals surface area contributed by atoms with E-state index in [4.69, 9.17) is 12.2 Å². The van der Waals surface area contributed by atoms with Gasteiger partial charge in [0.05, 0.1) is 5.69 Å². The Morgan fingerprint density at radius 1 is 1.12 bits per heavy atom. The summed E-state index contributed by atoms with van der Waals surface area (Å²) < 4.78 is 28.7. The SMILES string of the molecule is Cc1cc(C)cc(N2C(=O)/C(=C\c3ccc(OC(F)F)cc3)NC2=S)c1. The molecule has 1 heterocycles. The fourth-order valence-electron chi connectivity index (χ4n) is 2.76. The molecule has 2 aromatic rings. The maximum atomic E-state index is 12.7. The number of hydrogen-bond donors (Lipinski definition) is 1. The highest BCUT2D eigenvalue weighted by molar-refractivity contribution is 7.80. The molecule has 1 aliphatic heterocycles. The van der Waals surface area contributed by atoms with Crippen LogP contribution >= 0.6 is 12.2 Å². The lowest BCUT2D eigenvalue weighted by Gasteiger charge is -2.15. The van der Waals surface area contributed by atoms with E-state index in [0.29, 0.717) is 22.1 Å². The van der Waals surface area contributed by atoms with Gasteiger partial charge in [-0.05, 0) is 73.1 Å². The van der Waals surface area contributed by atoms with Crippen LogP contribution < -0.4 is 15.0 Å². The molecule has 0 atom stereocenters. The predicted octanol–water partition coefficient (Wildman–Crippen LogP) is 4.17. The summed E-state index contributed by atoms with van der Waals surface area (Å²) in [5, 5.41) is 3.20. The summed E-state index contributed by atoms with van der Waals surface area (Å²) in [4.78, 5) is 14.2. The van der Waals surface area contributed by atoms with Gasteiger partial charge in [0.2, 0.25) is 0 Å². The average molecular weight is 374 g/mol. The summed E-state index contributed by atoms with van der Waals surface area (Å²) in [6, 6.07) is 11.8. The molecule has 0 unspecified atom stereocenters. The number of ether oxygens (including phenoxy) is 1. The van der Waals surface area contributed by atoms with Gasteiger partial charge in [0.1, 0.15) is 11.4 Å². The number of thiocarbonyl (C=S) groups is 1. The number of alkyl halides is 2. The predicted molar refractivity (Wildman–Crippen MR) is 100 cm³/mol. The van der Waals surface area contributed by atoms with Crippen LogP contribution in [0.3, 0.4) is 0 Å². The molecule has 1 N–H and O–H groups in total. The van der Waals surface area contributed by atoms with Crippen LogP contribution in [0.15, 0.2) is 48.2 Å². The third-order valence-corrected chi connectivity index (χ3v) is 4.04. The van der Waals surface area contributed by atoms with Gasteiger partial charge in [0.25, 0.3) is 5.91 Å². The summed E-state index contributed by atoms with van der Waals surface area (Å²) in [6.45, 7) is 1.03. The molecule has 3 rings (SSSR count). The highest BCUT2D eigenvalue weighted by Gasteiger charge is 2.32. The van der Waals surface area contributed by atoms with Crippen LogP contribution in [0.4, 0.5) is 14.5 Å². The zero-order valence-electron chi connectivity index (χ0n) is 14.1. The summed E-state index contributed by atoms with van der Waals surface area (Å²) in [6.07, 6.45) is 1.61. The molecular weight excluding hydrogens is 358 g/mol. The first-order valence-corrected chi connectivity index (χ1v) is 8.24. The standard InChI is InChI=1S/C19H16F2N2O2S/c1-11-7-12(2)9-14(8-11)23-17(24)16(22-19(23)26)10-13-3-5-15(6-4-13)25-18(20)21/h3-10,18H,1-2H3,(H,22,26)/b16-10+. The van der Waals surface area contributed by atoms with Crippen molar-refractivity contribution in [3.63, 3.8) is 0 Å². The highest BCUT2D eigenvalue weighted by atomic mass is 32.1. The van der Waals surface area contributed by atoms with Crippen molar-refractivity contribution in [3.8, 4) is 5.75 Å². The third-order valence-electron chi connectivity index (χ3n) is 3.76. The Morgan fingerprint density at radius 2 is 1.73 bits per heavy atom. The van der Waals surface area contributed by atoms with E-state index in [1.165, 1.54) is 17.0 Å². The van der Waals surface area contributed by atoms with Crippen LogP contribution in [0.1, 0.15) is 16.7 Å². The zero-order valence-corrected chi connectivity index (χ0v) is 14.9. The number of anilines is 1. The number of rotatable bonds is 4. The molecule has 1 fully saturated rings. The lowest BCUT2D eigenvalue weighted by molar-refractivity contribution is -0.113. The molecule has 2 aromatic carbocycles. The van der Waals surface area contributed by atoms with Crippen LogP contribution in [0, 0.1) is 13.8 Å². The number of carbonyl (C=O) groups is 1. The quantitative estimate of drug-likeness (QED) is 0.644. The maximum absolute atomic E-state index is 12.7. The number of nitrogens with zero attached hydrogens (tertiary/aromatic N) is 1. The maximum Gasteiger partial charge on any atom is 0.387 e. The molecule has 0 bridgehead atoms. The molecule has 0 aromatic heterocycles. The van der Waals surface area contributed by atoms with Crippen LogP contribution in [-0.4, -0.2) is 17.6 Å². The lowest BCUT2D eigenvalue weighted by Crippen LogP contribution is -2.30. The topological polar surface area (TPSA) is 41.6 Å². The summed E-state index contributed by atoms with van der Waals surface area (Å²) in [5.41, 5.74) is 3.74. The van der Waals surface area contributed by atoms with Gasteiger partial charge in [0, 0.05) is 0 Å². The number of amides is 1. The first-order valence-electron chi connectivity index (χ1n) is 7.84. The molecule has 4 nitrogen and oxygen atoms in total. The second kappa shape index (κ2) is 7.21. The number of aryl methyl sites for hydroxylation is 2. The van der Waals surface area contributed by atoms with Gasteiger partial charge in [-0.15, -0.1) is 0 Å². The second-order valence-electron chi connectivity index (χ2n) is 5.92. The van der Waals surface area contributed by atoms with Crippen molar-refractivity contribution in [3.05, 3.63) is 64.9 Å². The second-order valence-corrected chi connectivity index (χ2v) is 6.31. The Kier molecular flexibility index (Phi) is 4.99. The van der Waals surface area contributed by atoms with E-state index in [9.17, 15) is 13.6 Å². The Bertz CT molecular complexity index is 875. The molecule has 1 saturated heterocycles. The normalized spacial score (nSPS) is 15.7. The zero-order chi connectivity index (χ0) is 18.8. The minimum Gasteiger partial charge on any atom is -0.435 e.